The number of benzene rings is 1. The molecule has 1 aliphatic heterocycles. The van der Waals surface area contributed by atoms with Crippen molar-refractivity contribution in [1.29, 1.82) is 0 Å². The van der Waals surface area contributed by atoms with Crippen LogP contribution in [0.25, 0.3) is 0 Å². The molecule has 1 aromatic rings. The molecule has 1 aromatic carbocycles. The molecular formula is C15H21NO3. The zero-order valence-corrected chi connectivity index (χ0v) is 11.5. The van der Waals surface area contributed by atoms with Gasteiger partial charge in [-0.2, -0.15) is 0 Å². The molecule has 1 saturated heterocycles. The van der Waals surface area contributed by atoms with E-state index < -0.39 is 0 Å². The normalized spacial score (nSPS) is 22.4. The van der Waals surface area contributed by atoms with Crippen LogP contribution in [0.1, 0.15) is 23.7 Å². The standard InChI is InChI=1S/C15H21NO3/c1-3-8-16-13-10-19-9-12(13)15(17)11-6-4-5-7-14(11)18-2/h4-7,12-13,16H,3,8-10H2,1-2H3. The first kappa shape index (κ1) is 14.0. The molecule has 1 fully saturated rings. The van der Waals surface area contributed by atoms with Crippen molar-refractivity contribution in [1.82, 2.24) is 5.32 Å². The lowest BCUT2D eigenvalue weighted by Crippen LogP contribution is -2.39. The van der Waals surface area contributed by atoms with Crippen LogP contribution in [-0.2, 0) is 4.74 Å². The highest BCUT2D eigenvalue weighted by atomic mass is 16.5. The molecule has 1 aliphatic rings. The minimum absolute atomic E-state index is 0.101. The SMILES string of the molecule is CCCNC1COCC1C(=O)c1ccccc1OC. The number of ketones is 1. The zero-order valence-electron chi connectivity index (χ0n) is 11.5. The summed E-state index contributed by atoms with van der Waals surface area (Å²) in [6.07, 6.45) is 1.05. The van der Waals surface area contributed by atoms with Crippen molar-refractivity contribution >= 4 is 5.78 Å². The molecule has 4 nitrogen and oxygen atoms in total. The van der Waals surface area contributed by atoms with Crippen molar-refractivity contribution in [2.45, 2.75) is 19.4 Å². The van der Waals surface area contributed by atoms with E-state index in [4.69, 9.17) is 9.47 Å². The average Bonchev–Trinajstić information content (AvgIpc) is 2.92. The number of hydrogen-bond acceptors (Lipinski definition) is 4. The van der Waals surface area contributed by atoms with Gasteiger partial charge in [0.05, 0.1) is 31.8 Å². The summed E-state index contributed by atoms with van der Waals surface area (Å²) in [7, 11) is 1.59. The third kappa shape index (κ3) is 3.14. The van der Waals surface area contributed by atoms with Crippen molar-refractivity contribution in [3.63, 3.8) is 0 Å². The minimum atomic E-state index is -0.122. The van der Waals surface area contributed by atoms with Gasteiger partial charge >= 0.3 is 0 Å². The van der Waals surface area contributed by atoms with Crippen LogP contribution < -0.4 is 10.1 Å². The van der Waals surface area contributed by atoms with Gasteiger partial charge in [0.1, 0.15) is 5.75 Å². The maximum Gasteiger partial charge on any atom is 0.173 e. The molecule has 2 unspecified atom stereocenters. The second-order valence-electron chi connectivity index (χ2n) is 4.77. The molecule has 104 valence electrons. The van der Waals surface area contributed by atoms with Gasteiger partial charge in [0.25, 0.3) is 0 Å². The first-order chi connectivity index (χ1) is 9.27. The number of para-hydroxylation sites is 1. The Morgan fingerprint density at radius 3 is 2.95 bits per heavy atom. The molecule has 2 rings (SSSR count). The Balaban J connectivity index is 2.13. The Morgan fingerprint density at radius 2 is 2.21 bits per heavy atom. The molecule has 19 heavy (non-hydrogen) atoms. The fourth-order valence-corrected chi connectivity index (χ4v) is 2.39. The van der Waals surface area contributed by atoms with Gasteiger partial charge in [-0.05, 0) is 25.1 Å². The van der Waals surface area contributed by atoms with Crippen molar-refractivity contribution in [3.05, 3.63) is 29.8 Å². The molecular weight excluding hydrogens is 242 g/mol. The van der Waals surface area contributed by atoms with Crippen LogP contribution in [0.2, 0.25) is 0 Å². The number of rotatable bonds is 6. The van der Waals surface area contributed by atoms with Crippen LogP contribution in [0.5, 0.6) is 5.75 Å². The summed E-state index contributed by atoms with van der Waals surface area (Å²) >= 11 is 0. The number of carbonyl (C=O) groups is 1. The topological polar surface area (TPSA) is 47.6 Å². The van der Waals surface area contributed by atoms with E-state index in [1.165, 1.54) is 0 Å². The Kier molecular flexibility index (Phi) is 4.93. The number of ether oxygens (including phenoxy) is 2. The molecule has 0 spiro atoms. The molecule has 0 aliphatic carbocycles. The summed E-state index contributed by atoms with van der Waals surface area (Å²) in [5, 5.41) is 3.38. The molecule has 0 saturated carbocycles. The fraction of sp³-hybridized carbons (Fsp3) is 0.533. The number of Topliss-reactive ketones (excluding diaryl/α,β-unsaturated/α-hetero) is 1. The number of methoxy groups -OCH3 is 1. The lowest BCUT2D eigenvalue weighted by Gasteiger charge is -2.18. The summed E-state index contributed by atoms with van der Waals surface area (Å²) in [5.74, 6) is 0.611. The Hall–Kier alpha value is -1.39. The first-order valence-corrected chi connectivity index (χ1v) is 6.76. The predicted octanol–water partition coefficient (Wildman–Crippen LogP) is 1.89. The highest BCUT2D eigenvalue weighted by molar-refractivity contribution is 6.01. The number of hydrogen-bond donors (Lipinski definition) is 1. The zero-order chi connectivity index (χ0) is 13.7. The maximum absolute atomic E-state index is 12.6. The Morgan fingerprint density at radius 1 is 1.42 bits per heavy atom. The molecule has 1 heterocycles. The smallest absolute Gasteiger partial charge is 0.173 e. The van der Waals surface area contributed by atoms with E-state index >= 15 is 0 Å². The summed E-state index contributed by atoms with van der Waals surface area (Å²) in [6, 6.07) is 7.47. The van der Waals surface area contributed by atoms with E-state index in [-0.39, 0.29) is 17.7 Å². The van der Waals surface area contributed by atoms with Crippen LogP contribution in [0.4, 0.5) is 0 Å². The summed E-state index contributed by atoms with van der Waals surface area (Å²) in [4.78, 5) is 12.6. The van der Waals surface area contributed by atoms with Gasteiger partial charge in [-0.25, -0.2) is 0 Å². The first-order valence-electron chi connectivity index (χ1n) is 6.76. The average molecular weight is 263 g/mol. The van der Waals surface area contributed by atoms with E-state index in [9.17, 15) is 4.79 Å². The monoisotopic (exact) mass is 263 g/mol. The molecule has 0 bridgehead atoms. The third-order valence-electron chi connectivity index (χ3n) is 3.45. The van der Waals surface area contributed by atoms with Crippen molar-refractivity contribution < 1.29 is 14.3 Å². The highest BCUT2D eigenvalue weighted by Crippen LogP contribution is 2.25. The van der Waals surface area contributed by atoms with E-state index in [2.05, 4.69) is 12.2 Å². The number of carbonyl (C=O) groups excluding carboxylic acids is 1. The number of nitrogens with one attached hydrogen (secondary N) is 1. The second kappa shape index (κ2) is 6.68. The van der Waals surface area contributed by atoms with Gasteiger partial charge in [0, 0.05) is 6.04 Å². The predicted molar refractivity (Wildman–Crippen MR) is 73.7 cm³/mol. The molecule has 0 aromatic heterocycles. The Bertz CT molecular complexity index is 433. The van der Waals surface area contributed by atoms with E-state index in [1.807, 2.05) is 24.3 Å². The molecule has 2 atom stereocenters. The van der Waals surface area contributed by atoms with Crippen LogP contribution in [0, 0.1) is 5.92 Å². The van der Waals surface area contributed by atoms with Crippen LogP contribution >= 0.6 is 0 Å². The summed E-state index contributed by atoms with van der Waals surface area (Å²) < 4.78 is 10.7. The van der Waals surface area contributed by atoms with Crippen LogP contribution in [-0.4, -0.2) is 38.7 Å². The quantitative estimate of drug-likeness (QED) is 0.796. The van der Waals surface area contributed by atoms with E-state index in [1.54, 1.807) is 7.11 Å². The highest BCUT2D eigenvalue weighted by Gasteiger charge is 2.35. The molecule has 4 heteroatoms. The lowest BCUT2D eigenvalue weighted by molar-refractivity contribution is 0.0888. The van der Waals surface area contributed by atoms with Gasteiger partial charge in [-0.15, -0.1) is 0 Å². The van der Waals surface area contributed by atoms with Crippen molar-refractivity contribution in [3.8, 4) is 5.75 Å². The Labute approximate surface area is 114 Å². The van der Waals surface area contributed by atoms with E-state index in [0.29, 0.717) is 24.5 Å². The molecule has 0 amide bonds. The van der Waals surface area contributed by atoms with Crippen molar-refractivity contribution in [2.24, 2.45) is 5.92 Å². The minimum Gasteiger partial charge on any atom is -0.496 e. The fourth-order valence-electron chi connectivity index (χ4n) is 2.39. The second-order valence-corrected chi connectivity index (χ2v) is 4.77. The van der Waals surface area contributed by atoms with E-state index in [0.717, 1.165) is 13.0 Å². The van der Waals surface area contributed by atoms with Crippen LogP contribution in [0.15, 0.2) is 24.3 Å². The molecule has 1 N–H and O–H groups in total. The largest absolute Gasteiger partial charge is 0.496 e. The molecule has 0 radical (unpaired) electrons. The van der Waals surface area contributed by atoms with Gasteiger partial charge in [0.15, 0.2) is 5.78 Å². The maximum atomic E-state index is 12.6. The van der Waals surface area contributed by atoms with Crippen molar-refractivity contribution in [2.75, 3.05) is 26.9 Å². The summed E-state index contributed by atoms with van der Waals surface area (Å²) in [5.41, 5.74) is 0.642. The van der Waals surface area contributed by atoms with Crippen LogP contribution in [0.3, 0.4) is 0 Å². The summed E-state index contributed by atoms with van der Waals surface area (Å²) in [6.45, 7) is 4.10. The van der Waals surface area contributed by atoms with Gasteiger partial charge in [-0.3, -0.25) is 4.79 Å². The van der Waals surface area contributed by atoms with Gasteiger partial charge < -0.3 is 14.8 Å². The van der Waals surface area contributed by atoms with Gasteiger partial charge in [0.2, 0.25) is 0 Å². The van der Waals surface area contributed by atoms with Gasteiger partial charge in [-0.1, -0.05) is 19.1 Å². The third-order valence-corrected chi connectivity index (χ3v) is 3.45. The lowest BCUT2D eigenvalue weighted by atomic mass is 9.92.